The van der Waals surface area contributed by atoms with Crippen LogP contribution in [0.1, 0.15) is 15.9 Å². The van der Waals surface area contributed by atoms with Gasteiger partial charge in [0.1, 0.15) is 5.56 Å². The fourth-order valence-corrected chi connectivity index (χ4v) is 2.77. The quantitative estimate of drug-likeness (QED) is 0.383. The number of nitro benzene ring substituents is 1. The lowest BCUT2D eigenvalue weighted by molar-refractivity contribution is -0.385. The van der Waals surface area contributed by atoms with Gasteiger partial charge in [-0.1, -0.05) is 23.7 Å². The van der Waals surface area contributed by atoms with E-state index in [4.69, 9.17) is 21.5 Å². The highest BCUT2D eigenvalue weighted by Crippen LogP contribution is 2.23. The van der Waals surface area contributed by atoms with E-state index >= 15 is 0 Å². The summed E-state index contributed by atoms with van der Waals surface area (Å²) in [6.07, 6.45) is 0. The van der Waals surface area contributed by atoms with E-state index in [2.05, 4.69) is 5.32 Å². The number of primary sulfonamides is 1. The van der Waals surface area contributed by atoms with E-state index in [1.54, 1.807) is 0 Å². The molecule has 1 amide bonds. The van der Waals surface area contributed by atoms with Crippen molar-refractivity contribution in [2.24, 2.45) is 5.14 Å². The Hall–Kier alpha value is -3.02. The Kier molecular flexibility index (Phi) is 6.67. The van der Waals surface area contributed by atoms with E-state index in [0.29, 0.717) is 5.56 Å². The van der Waals surface area contributed by atoms with Crippen LogP contribution < -0.4 is 10.5 Å². The van der Waals surface area contributed by atoms with Gasteiger partial charge in [0, 0.05) is 17.6 Å². The number of esters is 1. The molecule has 0 atom stereocenters. The highest BCUT2D eigenvalue weighted by Gasteiger charge is 2.22. The van der Waals surface area contributed by atoms with E-state index in [1.165, 1.54) is 30.3 Å². The third-order valence-corrected chi connectivity index (χ3v) is 4.62. The number of nitrogens with zero attached hydrogens (tertiary/aromatic N) is 1. The molecule has 0 aliphatic rings. The summed E-state index contributed by atoms with van der Waals surface area (Å²) >= 11 is 5.67. The lowest BCUT2D eigenvalue weighted by Crippen LogP contribution is -2.28. The average molecular weight is 428 g/mol. The van der Waals surface area contributed by atoms with Crippen molar-refractivity contribution < 1.29 is 27.7 Å². The molecule has 3 N–H and O–H groups in total. The number of nitro groups is 1. The van der Waals surface area contributed by atoms with Gasteiger partial charge in [-0.15, -0.1) is 0 Å². The molecule has 0 bridgehead atoms. The van der Waals surface area contributed by atoms with Gasteiger partial charge in [0.25, 0.3) is 11.6 Å². The fraction of sp³-hybridized carbons (Fsp3) is 0.125. The predicted molar refractivity (Wildman–Crippen MR) is 98.1 cm³/mol. The summed E-state index contributed by atoms with van der Waals surface area (Å²) in [5.41, 5.74) is -0.283. The molecule has 0 spiro atoms. The number of halogens is 1. The van der Waals surface area contributed by atoms with Gasteiger partial charge in [-0.25, -0.2) is 18.4 Å². The topological polar surface area (TPSA) is 159 Å². The van der Waals surface area contributed by atoms with Gasteiger partial charge < -0.3 is 10.1 Å². The summed E-state index contributed by atoms with van der Waals surface area (Å²) in [5.74, 6) is -1.70. The Morgan fingerprint density at radius 3 is 2.39 bits per heavy atom. The third kappa shape index (κ3) is 5.74. The number of amides is 1. The number of ether oxygens (including phenoxy) is 1. The molecule has 2 aromatic carbocycles. The van der Waals surface area contributed by atoms with Crippen LogP contribution >= 0.6 is 11.6 Å². The zero-order chi connectivity index (χ0) is 20.9. The third-order valence-electron chi connectivity index (χ3n) is 3.45. The first-order valence-electron chi connectivity index (χ1n) is 7.57. The summed E-state index contributed by atoms with van der Waals surface area (Å²) in [5, 5.41) is 18.5. The van der Waals surface area contributed by atoms with E-state index in [0.717, 1.165) is 12.1 Å². The van der Waals surface area contributed by atoms with Crippen molar-refractivity contribution in [1.29, 1.82) is 0 Å². The van der Waals surface area contributed by atoms with Crippen LogP contribution in [0, 0.1) is 10.1 Å². The monoisotopic (exact) mass is 427 g/mol. The maximum absolute atomic E-state index is 12.0. The van der Waals surface area contributed by atoms with Crippen LogP contribution in [0.25, 0.3) is 0 Å². The van der Waals surface area contributed by atoms with Crippen LogP contribution in [0.15, 0.2) is 47.4 Å². The number of sulfonamides is 1. The molecule has 0 aliphatic carbocycles. The van der Waals surface area contributed by atoms with Gasteiger partial charge >= 0.3 is 5.97 Å². The van der Waals surface area contributed by atoms with Crippen LogP contribution in [-0.4, -0.2) is 31.8 Å². The van der Waals surface area contributed by atoms with Gasteiger partial charge in [-0.2, -0.15) is 0 Å². The first-order chi connectivity index (χ1) is 13.1. The minimum Gasteiger partial charge on any atom is -0.452 e. The lowest BCUT2D eigenvalue weighted by Gasteiger charge is -2.08. The van der Waals surface area contributed by atoms with Crippen molar-refractivity contribution in [3.05, 3.63) is 68.7 Å². The number of carbonyl (C=O) groups excluding carboxylic acids is 2. The molecule has 12 heteroatoms. The van der Waals surface area contributed by atoms with Gasteiger partial charge in [-0.3, -0.25) is 14.9 Å². The first kappa shape index (κ1) is 21.3. The van der Waals surface area contributed by atoms with Crippen LogP contribution in [0.3, 0.4) is 0 Å². The summed E-state index contributed by atoms with van der Waals surface area (Å²) in [6, 6.07) is 8.92. The van der Waals surface area contributed by atoms with Crippen molar-refractivity contribution >= 4 is 39.2 Å². The van der Waals surface area contributed by atoms with Crippen LogP contribution in [-0.2, 0) is 26.1 Å². The summed E-state index contributed by atoms with van der Waals surface area (Å²) in [7, 11) is -3.81. The molecular weight excluding hydrogens is 414 g/mol. The second-order valence-electron chi connectivity index (χ2n) is 5.46. The number of rotatable bonds is 7. The van der Waals surface area contributed by atoms with Crippen molar-refractivity contribution in [2.45, 2.75) is 11.4 Å². The molecule has 0 saturated heterocycles. The highest BCUT2D eigenvalue weighted by molar-refractivity contribution is 7.89. The lowest BCUT2D eigenvalue weighted by atomic mass is 10.2. The van der Waals surface area contributed by atoms with Crippen molar-refractivity contribution in [3.63, 3.8) is 0 Å². The standard InChI is InChI=1S/C16H14ClN3O7S/c17-11-3-6-13(14(7-11)20(23)24)16(22)27-9-15(21)19-8-10-1-4-12(5-2-10)28(18,25)26/h1-7H,8-9H2,(H,19,21)(H2,18,25,26). The second-order valence-corrected chi connectivity index (χ2v) is 7.46. The number of nitrogens with one attached hydrogen (secondary N) is 1. The molecule has 2 rings (SSSR count). The normalized spacial score (nSPS) is 10.9. The van der Waals surface area contributed by atoms with Crippen molar-refractivity contribution in [3.8, 4) is 0 Å². The predicted octanol–water partition coefficient (Wildman–Crippen LogP) is 1.37. The molecule has 0 fully saturated rings. The molecule has 28 heavy (non-hydrogen) atoms. The maximum Gasteiger partial charge on any atom is 0.345 e. The van der Waals surface area contributed by atoms with E-state index in [9.17, 15) is 28.1 Å². The molecule has 2 aromatic rings. The molecule has 0 unspecified atom stereocenters. The van der Waals surface area contributed by atoms with Gasteiger partial charge in [0.2, 0.25) is 10.0 Å². The molecule has 148 valence electrons. The summed E-state index contributed by atoms with van der Waals surface area (Å²) < 4.78 is 27.1. The van der Waals surface area contributed by atoms with Crippen LogP contribution in [0.4, 0.5) is 5.69 Å². The Morgan fingerprint density at radius 2 is 1.82 bits per heavy atom. The van der Waals surface area contributed by atoms with Gasteiger partial charge in [-0.05, 0) is 29.8 Å². The Labute approximate surface area is 164 Å². The molecule has 0 radical (unpaired) electrons. The van der Waals surface area contributed by atoms with Gasteiger partial charge in [0.15, 0.2) is 6.61 Å². The Morgan fingerprint density at radius 1 is 1.18 bits per heavy atom. The first-order valence-corrected chi connectivity index (χ1v) is 9.50. The number of benzene rings is 2. The van der Waals surface area contributed by atoms with Crippen LogP contribution in [0.5, 0.6) is 0 Å². The number of nitrogens with two attached hydrogens (primary N) is 1. The number of carbonyl (C=O) groups is 2. The van der Waals surface area contributed by atoms with Crippen molar-refractivity contribution in [1.82, 2.24) is 5.32 Å². The highest BCUT2D eigenvalue weighted by atomic mass is 35.5. The molecule has 0 heterocycles. The second kappa shape index (κ2) is 8.78. The summed E-state index contributed by atoms with van der Waals surface area (Å²) in [6.45, 7) is -0.615. The molecule has 0 saturated carbocycles. The average Bonchev–Trinajstić information content (AvgIpc) is 2.63. The van der Waals surface area contributed by atoms with Crippen molar-refractivity contribution in [2.75, 3.05) is 6.61 Å². The number of hydrogen-bond donors (Lipinski definition) is 2. The minimum atomic E-state index is -3.81. The van der Waals surface area contributed by atoms with Gasteiger partial charge in [0.05, 0.1) is 9.82 Å². The zero-order valence-electron chi connectivity index (χ0n) is 14.1. The summed E-state index contributed by atoms with van der Waals surface area (Å²) in [4.78, 5) is 33.9. The Bertz CT molecular complexity index is 1020. The van der Waals surface area contributed by atoms with E-state index in [-0.39, 0.29) is 22.0 Å². The molecule has 0 aromatic heterocycles. The fourth-order valence-electron chi connectivity index (χ4n) is 2.09. The van der Waals surface area contributed by atoms with E-state index in [1.807, 2.05) is 0 Å². The molecular formula is C16H14ClN3O7S. The molecule has 10 nitrogen and oxygen atoms in total. The largest absolute Gasteiger partial charge is 0.452 e. The molecule has 0 aliphatic heterocycles. The van der Waals surface area contributed by atoms with E-state index < -0.39 is 39.1 Å². The zero-order valence-corrected chi connectivity index (χ0v) is 15.7. The maximum atomic E-state index is 12.0. The smallest absolute Gasteiger partial charge is 0.345 e. The van der Waals surface area contributed by atoms with Crippen LogP contribution in [0.2, 0.25) is 5.02 Å². The number of hydrogen-bond acceptors (Lipinski definition) is 7. The minimum absolute atomic E-state index is 0.0440. The SMILES string of the molecule is NS(=O)(=O)c1ccc(CNC(=O)COC(=O)c2ccc(Cl)cc2[N+](=O)[O-])cc1. The Balaban J connectivity index is 1.91.